The van der Waals surface area contributed by atoms with Crippen LogP contribution in [0, 0.1) is 5.82 Å². The second kappa shape index (κ2) is 10.5. The van der Waals surface area contributed by atoms with E-state index in [1.165, 1.54) is 22.8 Å². The van der Waals surface area contributed by atoms with E-state index in [1.54, 1.807) is 12.1 Å². The Kier molecular flexibility index (Phi) is 7.02. The summed E-state index contributed by atoms with van der Waals surface area (Å²) in [6, 6.07) is 26.2. The van der Waals surface area contributed by atoms with E-state index in [0.29, 0.717) is 24.6 Å². The van der Waals surface area contributed by atoms with Crippen molar-refractivity contribution in [1.82, 2.24) is 15.5 Å². The summed E-state index contributed by atoms with van der Waals surface area (Å²) in [4.78, 5) is 15.5. The Bertz CT molecular complexity index is 1090. The molecule has 1 amide bonds. The highest BCUT2D eigenvalue weighted by Crippen LogP contribution is 2.26. The predicted octanol–water partition coefficient (Wildman–Crippen LogP) is 3.88. The number of fused-ring (bicyclic) bond motifs is 1. The first-order valence-electron chi connectivity index (χ1n) is 12.3. The smallest absolute Gasteiger partial charge is 0.237 e. The molecular weight excluding hydrogens is 425 g/mol. The van der Waals surface area contributed by atoms with Gasteiger partial charge in [-0.2, -0.15) is 0 Å². The number of carbonyl (C=O) groups excluding carboxylic acids is 1. The Balaban J connectivity index is 1.21. The van der Waals surface area contributed by atoms with Gasteiger partial charge in [0.2, 0.25) is 5.91 Å². The van der Waals surface area contributed by atoms with E-state index in [1.807, 2.05) is 24.3 Å². The van der Waals surface area contributed by atoms with Crippen LogP contribution in [0.3, 0.4) is 0 Å². The fraction of sp³-hybridized carbons (Fsp3) is 0.345. The van der Waals surface area contributed by atoms with Crippen LogP contribution < -0.4 is 10.6 Å². The number of hydrogen-bond donors (Lipinski definition) is 2. The Morgan fingerprint density at radius 1 is 0.882 bits per heavy atom. The first-order valence-corrected chi connectivity index (χ1v) is 12.3. The number of hydrogen-bond acceptors (Lipinski definition) is 3. The maximum Gasteiger partial charge on any atom is 0.237 e. The minimum absolute atomic E-state index is 0.0336. The van der Waals surface area contributed by atoms with Gasteiger partial charge in [0.25, 0.3) is 0 Å². The van der Waals surface area contributed by atoms with Crippen molar-refractivity contribution >= 4 is 5.91 Å². The van der Waals surface area contributed by atoms with E-state index < -0.39 is 0 Å². The molecule has 5 rings (SSSR count). The van der Waals surface area contributed by atoms with Crippen molar-refractivity contribution in [2.24, 2.45) is 0 Å². The number of nitrogens with one attached hydrogen (secondary N) is 2. The third kappa shape index (κ3) is 5.37. The number of amides is 1. The van der Waals surface area contributed by atoms with Crippen molar-refractivity contribution in [1.29, 1.82) is 0 Å². The van der Waals surface area contributed by atoms with E-state index in [0.717, 1.165) is 32.4 Å². The van der Waals surface area contributed by atoms with Gasteiger partial charge >= 0.3 is 0 Å². The zero-order chi connectivity index (χ0) is 23.3. The van der Waals surface area contributed by atoms with Crippen LogP contribution in [0.1, 0.15) is 28.7 Å². The highest BCUT2D eigenvalue weighted by Gasteiger charge is 2.38. The summed E-state index contributed by atoms with van der Waals surface area (Å²) in [7, 11) is 0. The molecule has 1 aliphatic carbocycles. The number of halogens is 1. The molecule has 0 radical (unpaired) electrons. The van der Waals surface area contributed by atoms with Crippen molar-refractivity contribution in [2.75, 3.05) is 13.1 Å². The molecule has 2 atom stereocenters. The first-order chi connectivity index (χ1) is 16.7. The number of nitrogens with zero attached hydrogens (tertiary/aromatic N) is 1. The van der Waals surface area contributed by atoms with Gasteiger partial charge in [-0.15, -0.1) is 0 Å². The largest absolute Gasteiger partial charge is 0.354 e. The van der Waals surface area contributed by atoms with Gasteiger partial charge < -0.3 is 10.6 Å². The SMILES string of the molecule is O=C(NCCc1ccccc1F)[C@@H]1C[C@H](NC2Cc3ccccc3C2)CN1Cc1ccccc1. The highest BCUT2D eigenvalue weighted by molar-refractivity contribution is 5.82. The van der Waals surface area contributed by atoms with Gasteiger partial charge in [-0.1, -0.05) is 72.8 Å². The van der Waals surface area contributed by atoms with Crippen LogP contribution in [0.25, 0.3) is 0 Å². The topological polar surface area (TPSA) is 44.4 Å². The molecule has 1 aliphatic heterocycles. The molecule has 2 N–H and O–H groups in total. The lowest BCUT2D eigenvalue weighted by atomic mass is 10.1. The third-order valence-electron chi connectivity index (χ3n) is 7.11. The second-order valence-corrected chi connectivity index (χ2v) is 9.54. The summed E-state index contributed by atoms with van der Waals surface area (Å²) in [5.41, 5.74) is 4.71. The number of likely N-dealkylation sites (tertiary alicyclic amines) is 1. The van der Waals surface area contributed by atoms with Gasteiger partial charge in [0.15, 0.2) is 0 Å². The fourth-order valence-electron chi connectivity index (χ4n) is 5.44. The van der Waals surface area contributed by atoms with Crippen LogP contribution in [0.5, 0.6) is 0 Å². The zero-order valence-corrected chi connectivity index (χ0v) is 19.4. The fourth-order valence-corrected chi connectivity index (χ4v) is 5.44. The Morgan fingerprint density at radius 3 is 2.29 bits per heavy atom. The van der Waals surface area contributed by atoms with E-state index in [4.69, 9.17) is 0 Å². The first kappa shape index (κ1) is 22.8. The standard InChI is InChI=1S/C29H32FN3O/c30-27-13-7-6-10-22(27)14-15-31-29(34)28-18-26(20-33(28)19-21-8-2-1-3-9-21)32-25-16-23-11-4-5-12-24(23)17-25/h1-13,25-26,28,32H,14-20H2,(H,31,34)/t26-,28-/m0/s1. The number of carbonyl (C=O) groups is 1. The monoisotopic (exact) mass is 457 g/mol. The van der Waals surface area contributed by atoms with Crippen LogP contribution in [-0.4, -0.2) is 42.0 Å². The minimum atomic E-state index is -0.217. The van der Waals surface area contributed by atoms with E-state index in [2.05, 4.69) is 51.9 Å². The summed E-state index contributed by atoms with van der Waals surface area (Å²) in [5, 5.41) is 6.91. The van der Waals surface area contributed by atoms with Gasteiger partial charge in [-0.05, 0) is 54.0 Å². The van der Waals surface area contributed by atoms with Crippen molar-refractivity contribution in [3.8, 4) is 0 Å². The third-order valence-corrected chi connectivity index (χ3v) is 7.11. The summed E-state index contributed by atoms with van der Waals surface area (Å²) < 4.78 is 13.9. The van der Waals surface area contributed by atoms with Crippen molar-refractivity contribution < 1.29 is 9.18 Å². The average molecular weight is 458 g/mol. The summed E-state index contributed by atoms with van der Waals surface area (Å²) in [6.07, 6.45) is 3.37. The molecule has 176 valence electrons. The molecule has 0 unspecified atom stereocenters. The Hall–Kier alpha value is -3.02. The molecular formula is C29H32FN3O. The quantitative estimate of drug-likeness (QED) is 0.540. The second-order valence-electron chi connectivity index (χ2n) is 9.54. The van der Waals surface area contributed by atoms with Crippen LogP contribution in [0.2, 0.25) is 0 Å². The molecule has 0 bridgehead atoms. The normalized spacial score (nSPS) is 20.4. The molecule has 4 nitrogen and oxygen atoms in total. The molecule has 34 heavy (non-hydrogen) atoms. The van der Waals surface area contributed by atoms with Crippen LogP contribution in [0.15, 0.2) is 78.9 Å². The summed E-state index contributed by atoms with van der Waals surface area (Å²) in [6.45, 7) is 2.02. The molecule has 3 aromatic rings. The highest BCUT2D eigenvalue weighted by atomic mass is 19.1. The molecule has 3 aromatic carbocycles. The van der Waals surface area contributed by atoms with Crippen LogP contribution >= 0.6 is 0 Å². The van der Waals surface area contributed by atoms with E-state index in [-0.39, 0.29) is 23.8 Å². The van der Waals surface area contributed by atoms with E-state index >= 15 is 0 Å². The zero-order valence-electron chi connectivity index (χ0n) is 19.4. The molecule has 1 fully saturated rings. The summed E-state index contributed by atoms with van der Waals surface area (Å²) in [5.74, 6) is -0.184. The molecule has 0 spiro atoms. The lowest BCUT2D eigenvalue weighted by Crippen LogP contribution is -2.43. The van der Waals surface area contributed by atoms with Crippen LogP contribution in [0.4, 0.5) is 4.39 Å². The van der Waals surface area contributed by atoms with Gasteiger partial charge in [0.1, 0.15) is 5.82 Å². The maximum absolute atomic E-state index is 13.9. The number of benzene rings is 3. The van der Waals surface area contributed by atoms with Crippen molar-refractivity contribution in [3.63, 3.8) is 0 Å². The minimum Gasteiger partial charge on any atom is -0.354 e. The maximum atomic E-state index is 13.9. The molecule has 1 saturated heterocycles. The molecule has 0 aromatic heterocycles. The van der Waals surface area contributed by atoms with Gasteiger partial charge in [0.05, 0.1) is 6.04 Å². The van der Waals surface area contributed by atoms with E-state index in [9.17, 15) is 9.18 Å². The summed E-state index contributed by atoms with van der Waals surface area (Å²) >= 11 is 0. The van der Waals surface area contributed by atoms with Gasteiger partial charge in [0, 0.05) is 31.7 Å². The predicted molar refractivity (Wildman–Crippen MR) is 133 cm³/mol. The lowest BCUT2D eigenvalue weighted by molar-refractivity contribution is -0.125. The number of rotatable bonds is 8. The average Bonchev–Trinajstić information content (AvgIpc) is 3.44. The molecule has 2 aliphatic rings. The lowest BCUT2D eigenvalue weighted by Gasteiger charge is -2.23. The van der Waals surface area contributed by atoms with Crippen LogP contribution in [-0.2, 0) is 30.6 Å². The van der Waals surface area contributed by atoms with Gasteiger partial charge in [-0.25, -0.2) is 4.39 Å². The molecule has 1 heterocycles. The van der Waals surface area contributed by atoms with Crippen molar-refractivity contribution in [3.05, 3.63) is 107 Å². The molecule has 0 saturated carbocycles. The Labute approximate surface area is 201 Å². The molecule has 5 heteroatoms. The Morgan fingerprint density at radius 2 is 1.56 bits per heavy atom. The van der Waals surface area contributed by atoms with Crippen molar-refractivity contribution in [2.45, 2.75) is 50.4 Å². The van der Waals surface area contributed by atoms with Gasteiger partial charge in [-0.3, -0.25) is 9.69 Å².